The van der Waals surface area contributed by atoms with Crippen molar-refractivity contribution in [2.75, 3.05) is 0 Å². The largest absolute Gasteiger partial charge is 0.385 e. The van der Waals surface area contributed by atoms with Gasteiger partial charge in [0.05, 0.1) is 5.60 Å². The van der Waals surface area contributed by atoms with Crippen LogP contribution in [-0.4, -0.2) is 5.11 Å². The van der Waals surface area contributed by atoms with Crippen LogP contribution in [0, 0.1) is 5.92 Å². The van der Waals surface area contributed by atoms with Gasteiger partial charge in [0.1, 0.15) is 0 Å². The molecule has 1 heteroatoms. The van der Waals surface area contributed by atoms with Crippen molar-refractivity contribution in [2.24, 2.45) is 5.92 Å². The van der Waals surface area contributed by atoms with E-state index < -0.39 is 5.60 Å². The van der Waals surface area contributed by atoms with Gasteiger partial charge in [-0.3, -0.25) is 0 Å². The molecule has 0 fully saturated rings. The van der Waals surface area contributed by atoms with Gasteiger partial charge in [0.25, 0.3) is 0 Å². The van der Waals surface area contributed by atoms with Crippen LogP contribution >= 0.6 is 0 Å². The molecule has 1 nitrogen and oxygen atoms in total. The molecule has 0 saturated carbocycles. The van der Waals surface area contributed by atoms with E-state index in [1.54, 1.807) is 0 Å². The highest BCUT2D eigenvalue weighted by Crippen LogP contribution is 2.42. The van der Waals surface area contributed by atoms with Crippen molar-refractivity contribution in [2.45, 2.75) is 25.9 Å². The molecule has 20 heavy (non-hydrogen) atoms. The monoisotopic (exact) mass is 264 g/mol. The molecule has 0 saturated heterocycles. The van der Waals surface area contributed by atoms with Gasteiger partial charge in [-0.15, -0.1) is 0 Å². The molecule has 0 spiro atoms. The van der Waals surface area contributed by atoms with Crippen molar-refractivity contribution in [1.29, 1.82) is 0 Å². The average Bonchev–Trinajstić information content (AvgIpc) is 2.46. The van der Waals surface area contributed by atoms with Crippen LogP contribution in [0.3, 0.4) is 0 Å². The van der Waals surface area contributed by atoms with Gasteiger partial charge < -0.3 is 5.11 Å². The fourth-order valence-corrected chi connectivity index (χ4v) is 3.15. The molecule has 0 heterocycles. The van der Waals surface area contributed by atoms with Gasteiger partial charge in [-0.2, -0.15) is 0 Å². The van der Waals surface area contributed by atoms with Crippen LogP contribution in [-0.2, 0) is 12.0 Å². The van der Waals surface area contributed by atoms with Gasteiger partial charge in [-0.05, 0) is 42.5 Å². The Morgan fingerprint density at radius 2 is 1.65 bits per heavy atom. The first kappa shape index (κ1) is 13.1. The third kappa shape index (κ3) is 2.19. The summed E-state index contributed by atoms with van der Waals surface area (Å²) < 4.78 is 0. The zero-order valence-corrected chi connectivity index (χ0v) is 12.0. The van der Waals surface area contributed by atoms with Crippen molar-refractivity contribution < 1.29 is 5.11 Å². The lowest BCUT2D eigenvalue weighted by Gasteiger charge is -2.37. The van der Waals surface area contributed by atoms with Crippen LogP contribution < -0.4 is 0 Å². The Labute approximate surface area is 120 Å². The summed E-state index contributed by atoms with van der Waals surface area (Å²) in [6.45, 7) is 4.06. The molecule has 1 N–H and O–H groups in total. The Bertz CT molecular complexity index is 638. The summed E-state index contributed by atoms with van der Waals surface area (Å²) in [5, 5.41) is 11.0. The summed E-state index contributed by atoms with van der Waals surface area (Å²) in [4.78, 5) is 0. The van der Waals surface area contributed by atoms with Gasteiger partial charge >= 0.3 is 0 Å². The Balaban J connectivity index is 2.00. The molecule has 0 bridgehead atoms. The number of allylic oxidation sites excluding steroid dienone is 1. The minimum atomic E-state index is -0.814. The van der Waals surface area contributed by atoms with Crippen molar-refractivity contribution in [1.82, 2.24) is 0 Å². The summed E-state index contributed by atoms with van der Waals surface area (Å²) in [6, 6.07) is 18.6. The van der Waals surface area contributed by atoms with E-state index >= 15 is 0 Å². The van der Waals surface area contributed by atoms with Crippen LogP contribution in [0.4, 0.5) is 0 Å². The second-order valence-electron chi connectivity index (χ2n) is 5.84. The fourth-order valence-electron chi connectivity index (χ4n) is 3.15. The molecule has 0 amide bonds. The van der Waals surface area contributed by atoms with E-state index in [1.807, 2.05) is 31.2 Å². The third-order valence-electron chi connectivity index (χ3n) is 4.37. The highest BCUT2D eigenvalue weighted by atomic mass is 16.3. The lowest BCUT2D eigenvalue weighted by Crippen LogP contribution is -2.35. The third-order valence-corrected chi connectivity index (χ3v) is 4.37. The number of hydrogen-bond acceptors (Lipinski definition) is 1. The zero-order valence-electron chi connectivity index (χ0n) is 12.0. The van der Waals surface area contributed by atoms with Gasteiger partial charge in [-0.25, -0.2) is 0 Å². The van der Waals surface area contributed by atoms with Crippen molar-refractivity contribution >= 4 is 5.57 Å². The van der Waals surface area contributed by atoms with E-state index in [4.69, 9.17) is 0 Å². The number of rotatable bonds is 2. The lowest BCUT2D eigenvalue weighted by atomic mass is 9.72. The summed E-state index contributed by atoms with van der Waals surface area (Å²) in [5.74, 6) is 0.111. The van der Waals surface area contributed by atoms with Crippen LogP contribution in [0.25, 0.3) is 5.57 Å². The molecule has 0 radical (unpaired) electrons. The standard InChI is InChI=1S/C19H20O/c1-14-12-16(13-15-8-4-3-5-9-15)19(2,20)18-11-7-6-10-17(14)18/h3-12,16,20H,13H2,1-2H3/t16-,19+/m1/s1. The van der Waals surface area contributed by atoms with Gasteiger partial charge in [0.15, 0.2) is 0 Å². The summed E-state index contributed by atoms with van der Waals surface area (Å²) >= 11 is 0. The summed E-state index contributed by atoms with van der Waals surface area (Å²) in [7, 11) is 0. The highest BCUT2D eigenvalue weighted by Gasteiger charge is 2.37. The van der Waals surface area contributed by atoms with E-state index in [1.165, 1.54) is 16.7 Å². The van der Waals surface area contributed by atoms with E-state index in [0.717, 1.165) is 12.0 Å². The van der Waals surface area contributed by atoms with Crippen molar-refractivity contribution in [3.63, 3.8) is 0 Å². The average molecular weight is 264 g/mol. The van der Waals surface area contributed by atoms with E-state index in [0.29, 0.717) is 0 Å². The molecule has 3 rings (SSSR count). The van der Waals surface area contributed by atoms with Gasteiger partial charge in [0, 0.05) is 5.92 Å². The molecule has 1 aliphatic rings. The number of hydrogen-bond donors (Lipinski definition) is 1. The first-order valence-electron chi connectivity index (χ1n) is 7.13. The Kier molecular flexibility index (Phi) is 3.23. The molecular formula is C19H20O. The Hall–Kier alpha value is -1.86. The lowest BCUT2D eigenvalue weighted by molar-refractivity contribution is 0.0117. The molecule has 102 valence electrons. The Morgan fingerprint density at radius 1 is 1.00 bits per heavy atom. The number of aliphatic hydroxyl groups is 1. The second kappa shape index (κ2) is 4.92. The van der Waals surface area contributed by atoms with Crippen LogP contribution in [0.2, 0.25) is 0 Å². The van der Waals surface area contributed by atoms with E-state index in [-0.39, 0.29) is 5.92 Å². The van der Waals surface area contributed by atoms with Crippen LogP contribution in [0.15, 0.2) is 60.7 Å². The second-order valence-corrected chi connectivity index (χ2v) is 5.84. The van der Waals surface area contributed by atoms with Crippen LogP contribution in [0.5, 0.6) is 0 Å². The quantitative estimate of drug-likeness (QED) is 0.863. The van der Waals surface area contributed by atoms with Crippen molar-refractivity contribution in [3.05, 3.63) is 77.4 Å². The summed E-state index contributed by atoms with van der Waals surface area (Å²) in [5.41, 5.74) is 3.92. The Morgan fingerprint density at radius 3 is 2.40 bits per heavy atom. The maximum absolute atomic E-state index is 11.0. The van der Waals surface area contributed by atoms with Gasteiger partial charge in [-0.1, -0.05) is 60.7 Å². The van der Waals surface area contributed by atoms with Gasteiger partial charge in [0.2, 0.25) is 0 Å². The fraction of sp³-hybridized carbons (Fsp3) is 0.263. The minimum absolute atomic E-state index is 0.111. The maximum Gasteiger partial charge on any atom is 0.0940 e. The molecule has 0 aliphatic heterocycles. The SMILES string of the molecule is CC1=C[C@H](Cc2ccccc2)[C@](C)(O)c2ccccc21. The van der Waals surface area contributed by atoms with E-state index in [9.17, 15) is 5.11 Å². The first-order valence-corrected chi connectivity index (χ1v) is 7.13. The van der Waals surface area contributed by atoms with Crippen molar-refractivity contribution in [3.8, 4) is 0 Å². The molecule has 1 aliphatic carbocycles. The smallest absolute Gasteiger partial charge is 0.0940 e. The predicted molar refractivity (Wildman–Crippen MR) is 83.3 cm³/mol. The molecule has 2 aromatic rings. The normalized spacial score (nSPS) is 24.9. The first-order chi connectivity index (χ1) is 9.59. The molecule has 2 atom stereocenters. The minimum Gasteiger partial charge on any atom is -0.385 e. The highest BCUT2D eigenvalue weighted by molar-refractivity contribution is 5.70. The predicted octanol–water partition coefficient (Wildman–Crippen LogP) is 4.17. The zero-order chi connectivity index (χ0) is 14.2. The number of benzene rings is 2. The maximum atomic E-state index is 11.0. The molecule has 0 aromatic heterocycles. The number of fused-ring (bicyclic) bond motifs is 1. The van der Waals surface area contributed by atoms with E-state index in [2.05, 4.69) is 43.3 Å². The topological polar surface area (TPSA) is 20.2 Å². The molecule has 0 unspecified atom stereocenters. The molecular weight excluding hydrogens is 244 g/mol. The summed E-state index contributed by atoms with van der Waals surface area (Å²) in [6.07, 6.45) is 3.08. The molecule has 2 aromatic carbocycles. The van der Waals surface area contributed by atoms with Crippen LogP contribution in [0.1, 0.15) is 30.5 Å².